The quantitative estimate of drug-likeness (QED) is 0.805. The third-order valence-electron chi connectivity index (χ3n) is 4.07. The number of nitrogens with zero attached hydrogens (tertiary/aromatic N) is 2. The molecule has 0 aliphatic carbocycles. The van der Waals surface area contributed by atoms with Gasteiger partial charge in [-0.15, -0.1) is 0 Å². The zero-order valence-corrected chi connectivity index (χ0v) is 14.0. The Bertz CT molecular complexity index is 568. The third kappa shape index (κ3) is 4.15. The van der Waals surface area contributed by atoms with E-state index in [0.29, 0.717) is 30.2 Å². The fourth-order valence-electron chi connectivity index (χ4n) is 2.79. The third-order valence-corrected chi connectivity index (χ3v) is 4.07. The lowest BCUT2D eigenvalue weighted by Crippen LogP contribution is -2.35. The Kier molecular flexibility index (Phi) is 5.84. The van der Waals surface area contributed by atoms with Gasteiger partial charge < -0.3 is 19.3 Å². The molecule has 126 valence electrons. The zero-order valence-electron chi connectivity index (χ0n) is 14.0. The zero-order chi connectivity index (χ0) is 16.8. The maximum absolute atomic E-state index is 12.2. The summed E-state index contributed by atoms with van der Waals surface area (Å²) in [5.41, 5.74) is 0.698. The summed E-state index contributed by atoms with van der Waals surface area (Å²) in [7, 11) is 3.12. The van der Waals surface area contributed by atoms with Gasteiger partial charge in [-0.1, -0.05) is 0 Å². The van der Waals surface area contributed by atoms with Gasteiger partial charge in [-0.2, -0.15) is 0 Å². The SMILES string of the molecule is COc1ccc(N(CCC(=O)N2CCCC2)C(C)=O)cc1OC. The number of benzene rings is 1. The van der Waals surface area contributed by atoms with Crippen LogP contribution in [0.5, 0.6) is 11.5 Å². The molecule has 1 aliphatic rings. The molecule has 0 bridgehead atoms. The Morgan fingerprint density at radius 1 is 1.13 bits per heavy atom. The predicted molar refractivity (Wildman–Crippen MR) is 88.0 cm³/mol. The Hall–Kier alpha value is -2.24. The van der Waals surface area contributed by atoms with Crippen molar-refractivity contribution in [2.45, 2.75) is 26.2 Å². The molecular weight excluding hydrogens is 296 g/mol. The molecule has 1 aromatic carbocycles. The van der Waals surface area contributed by atoms with Crippen molar-refractivity contribution in [2.75, 3.05) is 38.8 Å². The van der Waals surface area contributed by atoms with E-state index in [4.69, 9.17) is 9.47 Å². The van der Waals surface area contributed by atoms with Crippen LogP contribution in [0.3, 0.4) is 0 Å². The summed E-state index contributed by atoms with van der Waals surface area (Å²) in [6.45, 7) is 3.52. The minimum absolute atomic E-state index is 0.105. The van der Waals surface area contributed by atoms with Crippen LogP contribution in [-0.2, 0) is 9.59 Å². The van der Waals surface area contributed by atoms with Crippen molar-refractivity contribution in [3.8, 4) is 11.5 Å². The van der Waals surface area contributed by atoms with E-state index in [1.807, 2.05) is 4.90 Å². The van der Waals surface area contributed by atoms with Gasteiger partial charge in [-0.3, -0.25) is 9.59 Å². The molecule has 6 nitrogen and oxygen atoms in total. The summed E-state index contributed by atoms with van der Waals surface area (Å²) in [5, 5.41) is 0. The summed E-state index contributed by atoms with van der Waals surface area (Å²) in [6, 6.07) is 5.30. The minimum Gasteiger partial charge on any atom is -0.493 e. The number of hydrogen-bond donors (Lipinski definition) is 0. The van der Waals surface area contributed by atoms with E-state index in [-0.39, 0.29) is 11.8 Å². The minimum atomic E-state index is -0.105. The first kappa shape index (κ1) is 17.1. The average Bonchev–Trinajstić information content (AvgIpc) is 3.08. The highest BCUT2D eigenvalue weighted by Gasteiger charge is 2.20. The van der Waals surface area contributed by atoms with Gasteiger partial charge in [0.15, 0.2) is 11.5 Å². The van der Waals surface area contributed by atoms with E-state index in [2.05, 4.69) is 0 Å². The van der Waals surface area contributed by atoms with Gasteiger partial charge in [0.25, 0.3) is 0 Å². The van der Waals surface area contributed by atoms with E-state index in [1.165, 1.54) is 6.92 Å². The first-order valence-corrected chi connectivity index (χ1v) is 7.84. The molecule has 1 saturated heterocycles. The second-order valence-corrected chi connectivity index (χ2v) is 5.55. The van der Waals surface area contributed by atoms with Crippen LogP contribution in [0.2, 0.25) is 0 Å². The fraction of sp³-hybridized carbons (Fsp3) is 0.529. The summed E-state index contributed by atoms with van der Waals surface area (Å²) >= 11 is 0. The Morgan fingerprint density at radius 3 is 2.35 bits per heavy atom. The molecular formula is C17H24N2O4. The van der Waals surface area contributed by atoms with E-state index >= 15 is 0 Å². The Labute approximate surface area is 137 Å². The highest BCUT2D eigenvalue weighted by molar-refractivity contribution is 5.92. The summed E-state index contributed by atoms with van der Waals surface area (Å²) in [6.07, 6.45) is 2.46. The lowest BCUT2D eigenvalue weighted by molar-refractivity contribution is -0.129. The van der Waals surface area contributed by atoms with Gasteiger partial charge in [0.2, 0.25) is 11.8 Å². The normalized spacial score (nSPS) is 13.8. The Balaban J connectivity index is 2.08. The number of amides is 2. The van der Waals surface area contributed by atoms with Crippen molar-refractivity contribution < 1.29 is 19.1 Å². The van der Waals surface area contributed by atoms with E-state index in [0.717, 1.165) is 25.9 Å². The number of ether oxygens (including phenoxy) is 2. The second kappa shape index (κ2) is 7.85. The molecule has 23 heavy (non-hydrogen) atoms. The lowest BCUT2D eigenvalue weighted by atomic mass is 10.2. The molecule has 2 rings (SSSR count). The number of likely N-dealkylation sites (tertiary alicyclic amines) is 1. The molecule has 0 atom stereocenters. The van der Waals surface area contributed by atoms with Gasteiger partial charge in [0.1, 0.15) is 0 Å². The molecule has 6 heteroatoms. The fourth-order valence-corrected chi connectivity index (χ4v) is 2.79. The number of carbonyl (C=O) groups excluding carboxylic acids is 2. The molecule has 0 saturated carbocycles. The van der Waals surface area contributed by atoms with Crippen molar-refractivity contribution in [3.05, 3.63) is 18.2 Å². The summed E-state index contributed by atoms with van der Waals surface area (Å²) in [5.74, 6) is 1.16. The average molecular weight is 320 g/mol. The first-order chi connectivity index (χ1) is 11.1. The van der Waals surface area contributed by atoms with Crippen LogP contribution in [-0.4, -0.2) is 50.6 Å². The molecule has 1 aliphatic heterocycles. The van der Waals surface area contributed by atoms with E-state index < -0.39 is 0 Å². The van der Waals surface area contributed by atoms with Crippen LogP contribution >= 0.6 is 0 Å². The van der Waals surface area contributed by atoms with Crippen LogP contribution in [0.1, 0.15) is 26.2 Å². The molecule has 0 unspecified atom stereocenters. The largest absolute Gasteiger partial charge is 0.493 e. The van der Waals surface area contributed by atoms with Crippen LogP contribution < -0.4 is 14.4 Å². The first-order valence-electron chi connectivity index (χ1n) is 7.84. The maximum Gasteiger partial charge on any atom is 0.224 e. The van der Waals surface area contributed by atoms with Crippen LogP contribution in [0.4, 0.5) is 5.69 Å². The highest BCUT2D eigenvalue weighted by Crippen LogP contribution is 2.31. The Morgan fingerprint density at radius 2 is 1.78 bits per heavy atom. The topological polar surface area (TPSA) is 59.1 Å². The van der Waals surface area contributed by atoms with Crippen LogP contribution in [0, 0.1) is 0 Å². The number of anilines is 1. The number of rotatable bonds is 6. The van der Waals surface area contributed by atoms with Crippen molar-refractivity contribution in [1.29, 1.82) is 0 Å². The molecule has 1 aromatic rings. The van der Waals surface area contributed by atoms with E-state index in [1.54, 1.807) is 37.3 Å². The molecule has 1 fully saturated rings. The maximum atomic E-state index is 12.2. The smallest absolute Gasteiger partial charge is 0.224 e. The van der Waals surface area contributed by atoms with E-state index in [9.17, 15) is 9.59 Å². The van der Waals surface area contributed by atoms with Gasteiger partial charge in [-0.25, -0.2) is 0 Å². The molecule has 2 amide bonds. The standard InChI is InChI=1S/C17H24N2O4/c1-13(20)19(11-8-17(21)18-9-4-5-10-18)14-6-7-15(22-2)16(12-14)23-3/h6-7,12H,4-5,8-11H2,1-3H3. The lowest BCUT2D eigenvalue weighted by Gasteiger charge is -2.23. The summed E-state index contributed by atoms with van der Waals surface area (Å²) < 4.78 is 10.5. The van der Waals surface area contributed by atoms with Crippen molar-refractivity contribution in [2.24, 2.45) is 0 Å². The van der Waals surface area contributed by atoms with Crippen molar-refractivity contribution in [1.82, 2.24) is 4.90 Å². The molecule has 1 heterocycles. The number of methoxy groups -OCH3 is 2. The molecule has 0 spiro atoms. The molecule has 0 radical (unpaired) electrons. The van der Waals surface area contributed by atoms with Crippen LogP contribution in [0.15, 0.2) is 18.2 Å². The highest BCUT2D eigenvalue weighted by atomic mass is 16.5. The number of hydrogen-bond acceptors (Lipinski definition) is 4. The second-order valence-electron chi connectivity index (χ2n) is 5.55. The summed E-state index contributed by atoms with van der Waals surface area (Å²) in [4.78, 5) is 27.6. The number of carbonyl (C=O) groups is 2. The molecule has 0 N–H and O–H groups in total. The van der Waals surface area contributed by atoms with Gasteiger partial charge >= 0.3 is 0 Å². The van der Waals surface area contributed by atoms with Crippen molar-refractivity contribution in [3.63, 3.8) is 0 Å². The van der Waals surface area contributed by atoms with Gasteiger partial charge in [0, 0.05) is 44.7 Å². The van der Waals surface area contributed by atoms with Gasteiger partial charge in [-0.05, 0) is 25.0 Å². The molecule has 0 aromatic heterocycles. The van der Waals surface area contributed by atoms with Crippen molar-refractivity contribution >= 4 is 17.5 Å². The predicted octanol–water partition coefficient (Wildman–Crippen LogP) is 2.07. The van der Waals surface area contributed by atoms with Gasteiger partial charge in [0.05, 0.1) is 14.2 Å². The monoisotopic (exact) mass is 320 g/mol. The van der Waals surface area contributed by atoms with Crippen LogP contribution in [0.25, 0.3) is 0 Å².